The average Bonchev–Trinajstić information content (AvgIpc) is 2.58. The molecule has 10 heteroatoms. The largest absolute Gasteiger partial charge is 0.492 e. The molecular weight excluding hydrogens is 392 g/mol. The van der Waals surface area contributed by atoms with Gasteiger partial charge in [-0.05, 0) is 37.5 Å². The average molecular weight is 411 g/mol. The molecule has 0 radical (unpaired) electrons. The first-order valence-corrected chi connectivity index (χ1v) is 8.77. The molecule has 1 amide bonds. The third kappa shape index (κ3) is 5.80. The molecule has 1 aromatic rings. The molecule has 0 aliphatic carbocycles. The van der Waals surface area contributed by atoms with Crippen LogP contribution in [0, 0.1) is 5.82 Å². The normalized spacial score (nSPS) is 16.2. The maximum absolute atomic E-state index is 13.1. The Bertz CT molecular complexity index is 691. The molecule has 1 aliphatic rings. The fourth-order valence-corrected chi connectivity index (χ4v) is 3.22. The second kappa shape index (κ2) is 8.88. The molecule has 0 saturated carbocycles. The summed E-state index contributed by atoms with van der Waals surface area (Å²) in [5, 5.41) is 1.12. The van der Waals surface area contributed by atoms with Crippen molar-refractivity contribution in [1.29, 1.82) is 0 Å². The van der Waals surface area contributed by atoms with E-state index in [1.165, 1.54) is 12.1 Å². The number of hydrogen-bond acceptors (Lipinski definition) is 4. The van der Waals surface area contributed by atoms with Crippen LogP contribution in [0.2, 0.25) is 5.02 Å². The summed E-state index contributed by atoms with van der Waals surface area (Å²) >= 11 is 5.95. The molecule has 0 unspecified atom stereocenters. The van der Waals surface area contributed by atoms with Crippen molar-refractivity contribution in [1.82, 2.24) is 9.96 Å². The fourth-order valence-electron chi connectivity index (χ4n) is 2.98. The molecule has 0 spiro atoms. The van der Waals surface area contributed by atoms with Crippen LogP contribution in [0.1, 0.15) is 25.3 Å². The number of benzene rings is 1. The first kappa shape index (κ1) is 21.4. The Kier molecular flexibility index (Phi) is 7.05. The van der Waals surface area contributed by atoms with Crippen molar-refractivity contribution in [3.63, 3.8) is 0 Å². The van der Waals surface area contributed by atoms with Crippen LogP contribution in [0.15, 0.2) is 18.2 Å². The van der Waals surface area contributed by atoms with Gasteiger partial charge in [0, 0.05) is 30.7 Å². The highest BCUT2D eigenvalue weighted by Gasteiger charge is 2.43. The van der Waals surface area contributed by atoms with Crippen LogP contribution in [-0.4, -0.2) is 53.7 Å². The monoisotopic (exact) mass is 410 g/mol. The number of hydrogen-bond donors (Lipinski definition) is 0. The minimum Gasteiger partial charge on any atom is -0.361 e. The maximum Gasteiger partial charge on any atom is 0.492 e. The number of amides is 1. The topological polar surface area (TPSA) is 49.9 Å². The van der Waals surface area contributed by atoms with Gasteiger partial charge in [-0.25, -0.2) is 9.18 Å². The maximum atomic E-state index is 13.1. The number of likely N-dealkylation sites (N-methyl/N-ethyl adjacent to an activating group) is 1. The molecule has 1 heterocycles. The molecule has 0 N–H and O–H groups in total. The van der Waals surface area contributed by atoms with E-state index in [1.807, 2.05) is 0 Å². The van der Waals surface area contributed by atoms with Gasteiger partial charge in [-0.1, -0.05) is 17.7 Å². The van der Waals surface area contributed by atoms with Gasteiger partial charge in [0.1, 0.15) is 5.82 Å². The van der Waals surface area contributed by atoms with E-state index in [1.54, 1.807) is 11.8 Å². The predicted molar refractivity (Wildman–Crippen MR) is 89.2 cm³/mol. The van der Waals surface area contributed by atoms with Crippen molar-refractivity contribution in [2.24, 2.45) is 0 Å². The molecule has 150 valence electrons. The van der Waals surface area contributed by atoms with Crippen molar-refractivity contribution >= 4 is 23.5 Å². The van der Waals surface area contributed by atoms with Gasteiger partial charge >= 0.3 is 12.1 Å². The molecule has 1 saturated heterocycles. The molecular formula is C17H19ClF4N2O3. The molecule has 1 fully saturated rings. The van der Waals surface area contributed by atoms with E-state index in [-0.39, 0.29) is 36.5 Å². The zero-order chi connectivity index (χ0) is 20.2. The fraction of sp³-hybridized carbons (Fsp3) is 0.529. The number of halogens is 5. The lowest BCUT2D eigenvalue weighted by molar-refractivity contribution is -0.242. The highest BCUT2D eigenvalue weighted by Crippen LogP contribution is 2.23. The van der Waals surface area contributed by atoms with Crippen molar-refractivity contribution in [2.75, 3.05) is 19.6 Å². The Labute approximate surface area is 158 Å². The van der Waals surface area contributed by atoms with Gasteiger partial charge in [0.2, 0.25) is 5.91 Å². The molecule has 27 heavy (non-hydrogen) atoms. The molecule has 1 aliphatic heterocycles. The third-order valence-corrected chi connectivity index (χ3v) is 4.68. The van der Waals surface area contributed by atoms with Crippen molar-refractivity contribution in [3.05, 3.63) is 34.6 Å². The lowest BCUT2D eigenvalue weighted by Gasteiger charge is -2.37. The van der Waals surface area contributed by atoms with Crippen LogP contribution in [0.25, 0.3) is 0 Å². The minimum absolute atomic E-state index is 0.00374. The first-order chi connectivity index (χ1) is 12.6. The van der Waals surface area contributed by atoms with Crippen LogP contribution in [-0.2, 0) is 20.8 Å². The van der Waals surface area contributed by atoms with E-state index in [2.05, 4.69) is 4.84 Å². The second-order valence-electron chi connectivity index (χ2n) is 6.13. The first-order valence-electron chi connectivity index (χ1n) is 8.39. The predicted octanol–water partition coefficient (Wildman–Crippen LogP) is 3.36. The summed E-state index contributed by atoms with van der Waals surface area (Å²) in [5.74, 6) is -2.96. The molecule has 2 rings (SSSR count). The van der Waals surface area contributed by atoms with Gasteiger partial charge in [0.05, 0.1) is 6.42 Å². The van der Waals surface area contributed by atoms with Crippen molar-refractivity contribution in [3.8, 4) is 0 Å². The van der Waals surface area contributed by atoms with Crippen LogP contribution in [0.4, 0.5) is 17.6 Å². The van der Waals surface area contributed by atoms with Crippen LogP contribution >= 0.6 is 11.6 Å². The molecule has 1 aromatic carbocycles. The van der Waals surface area contributed by atoms with E-state index in [0.29, 0.717) is 24.9 Å². The molecule has 0 atom stereocenters. The Balaban J connectivity index is 1.92. The van der Waals surface area contributed by atoms with Gasteiger partial charge in [-0.2, -0.15) is 13.2 Å². The number of carbonyl (C=O) groups excluding carboxylic acids is 2. The Morgan fingerprint density at radius 2 is 1.93 bits per heavy atom. The van der Waals surface area contributed by atoms with Crippen LogP contribution in [0.5, 0.6) is 0 Å². The van der Waals surface area contributed by atoms with Gasteiger partial charge < -0.3 is 9.74 Å². The molecule has 0 bridgehead atoms. The van der Waals surface area contributed by atoms with E-state index in [0.717, 1.165) is 11.1 Å². The Hall–Kier alpha value is -1.87. The van der Waals surface area contributed by atoms with Crippen LogP contribution < -0.4 is 0 Å². The smallest absolute Gasteiger partial charge is 0.361 e. The summed E-state index contributed by atoms with van der Waals surface area (Å²) < 4.78 is 49.8. The number of alkyl halides is 3. The van der Waals surface area contributed by atoms with Gasteiger partial charge in [0.15, 0.2) is 0 Å². The summed E-state index contributed by atoms with van der Waals surface area (Å²) in [7, 11) is 0. The van der Waals surface area contributed by atoms with Crippen molar-refractivity contribution < 1.29 is 32.0 Å². The lowest BCUT2D eigenvalue weighted by Crippen LogP contribution is -2.48. The number of rotatable bonds is 5. The summed E-state index contributed by atoms with van der Waals surface area (Å²) in [6, 6.07) is 3.61. The lowest BCUT2D eigenvalue weighted by atomic mass is 10.0. The van der Waals surface area contributed by atoms with E-state index < -0.39 is 18.0 Å². The van der Waals surface area contributed by atoms with Gasteiger partial charge in [0.25, 0.3) is 0 Å². The highest BCUT2D eigenvalue weighted by molar-refractivity contribution is 6.31. The highest BCUT2D eigenvalue weighted by atomic mass is 35.5. The quantitative estimate of drug-likeness (QED) is 0.698. The third-order valence-electron chi connectivity index (χ3n) is 4.33. The molecule has 0 aromatic heterocycles. The number of nitrogens with zero attached hydrogens (tertiary/aromatic N) is 2. The number of piperidine rings is 1. The van der Waals surface area contributed by atoms with Gasteiger partial charge in [-0.3, -0.25) is 4.79 Å². The van der Waals surface area contributed by atoms with Gasteiger partial charge in [-0.15, -0.1) is 5.06 Å². The van der Waals surface area contributed by atoms with E-state index in [9.17, 15) is 27.2 Å². The Morgan fingerprint density at radius 1 is 1.30 bits per heavy atom. The summed E-state index contributed by atoms with van der Waals surface area (Å²) in [6.07, 6.45) is -4.32. The number of hydroxylamine groups is 2. The summed E-state index contributed by atoms with van der Waals surface area (Å²) in [5.41, 5.74) is 0.498. The summed E-state index contributed by atoms with van der Waals surface area (Å²) in [6.45, 7) is 2.38. The number of carbonyl (C=O) groups is 2. The van der Waals surface area contributed by atoms with Crippen LogP contribution in [0.3, 0.4) is 0 Å². The molecule has 5 nitrogen and oxygen atoms in total. The summed E-state index contributed by atoms with van der Waals surface area (Å²) in [4.78, 5) is 29.4. The minimum atomic E-state index is -5.04. The zero-order valence-corrected chi connectivity index (χ0v) is 15.3. The van der Waals surface area contributed by atoms with E-state index >= 15 is 0 Å². The standard InChI is InChI=1S/C17H19ClF4N2O3/c1-2-24(15(25)9-11-3-4-12(19)10-14(11)18)13-5-7-23(8-6-13)27-16(26)17(20,21)22/h3-4,10,13H,2,5-9H2,1H3. The zero-order valence-electron chi connectivity index (χ0n) is 14.6. The van der Waals surface area contributed by atoms with Crippen molar-refractivity contribution in [2.45, 2.75) is 38.4 Å². The van der Waals surface area contributed by atoms with E-state index in [4.69, 9.17) is 11.6 Å². The Morgan fingerprint density at radius 3 is 2.44 bits per heavy atom. The second-order valence-corrected chi connectivity index (χ2v) is 6.54. The SMILES string of the molecule is CCN(C(=O)Cc1ccc(F)cc1Cl)C1CCN(OC(=O)C(F)(F)F)CC1.